The Morgan fingerprint density at radius 2 is 1.80 bits per heavy atom. The molecular formula is C22H22ClN3O4. The summed E-state index contributed by atoms with van der Waals surface area (Å²) in [6.45, 7) is 3.74. The van der Waals surface area contributed by atoms with Crippen molar-refractivity contribution in [3.8, 4) is 11.4 Å². The highest BCUT2D eigenvalue weighted by atomic mass is 35.5. The maximum atomic E-state index is 12.4. The van der Waals surface area contributed by atoms with Crippen LogP contribution in [0, 0.1) is 6.92 Å². The van der Waals surface area contributed by atoms with Crippen molar-refractivity contribution < 1.29 is 19.1 Å². The lowest BCUT2D eigenvalue weighted by Gasteiger charge is -2.10. The molecule has 1 N–H and O–H groups in total. The van der Waals surface area contributed by atoms with Gasteiger partial charge in [0.05, 0.1) is 23.6 Å². The number of amides is 1. The fraction of sp³-hybridized carbons (Fsp3) is 0.227. The second-order valence-electron chi connectivity index (χ2n) is 6.37. The van der Waals surface area contributed by atoms with Gasteiger partial charge in [0, 0.05) is 5.56 Å². The number of aromatic nitrogens is 2. The molecule has 0 aliphatic heterocycles. The fourth-order valence-electron chi connectivity index (χ4n) is 2.82. The number of nitrogens with zero attached hydrogens (tertiary/aromatic N) is 2. The molecule has 0 atom stereocenters. The van der Waals surface area contributed by atoms with Crippen LogP contribution in [0.2, 0.25) is 5.15 Å². The van der Waals surface area contributed by atoms with Gasteiger partial charge in [0.15, 0.2) is 0 Å². The molecule has 1 heterocycles. The summed E-state index contributed by atoms with van der Waals surface area (Å²) in [5.41, 5.74) is 2.44. The zero-order valence-electron chi connectivity index (χ0n) is 16.7. The molecule has 0 unspecified atom stereocenters. The third-order valence-corrected chi connectivity index (χ3v) is 4.71. The number of hydrogen-bond donors (Lipinski definition) is 1. The van der Waals surface area contributed by atoms with Gasteiger partial charge in [-0.3, -0.25) is 9.59 Å². The van der Waals surface area contributed by atoms with Crippen molar-refractivity contribution in [3.05, 3.63) is 76.6 Å². The molecule has 0 radical (unpaired) electrons. The molecule has 3 aromatic rings. The Labute approximate surface area is 179 Å². The molecule has 0 aliphatic carbocycles. The molecule has 2 aromatic carbocycles. The van der Waals surface area contributed by atoms with Crippen molar-refractivity contribution in [1.29, 1.82) is 0 Å². The largest absolute Gasteiger partial charge is 0.493 e. The van der Waals surface area contributed by atoms with E-state index in [9.17, 15) is 9.59 Å². The Morgan fingerprint density at radius 3 is 2.53 bits per heavy atom. The molecule has 1 amide bonds. The van der Waals surface area contributed by atoms with Gasteiger partial charge in [-0.05, 0) is 38.1 Å². The van der Waals surface area contributed by atoms with Crippen molar-refractivity contribution in [3.63, 3.8) is 0 Å². The average Bonchev–Trinajstić information content (AvgIpc) is 3.05. The van der Waals surface area contributed by atoms with Crippen LogP contribution in [0.3, 0.4) is 0 Å². The SMILES string of the molecule is CCOc1ccccc1C(=O)NCC(=O)OCc1c(C)nn(-c2ccccc2)c1Cl. The summed E-state index contributed by atoms with van der Waals surface area (Å²) >= 11 is 6.43. The summed E-state index contributed by atoms with van der Waals surface area (Å²) in [5, 5.41) is 7.33. The van der Waals surface area contributed by atoms with Gasteiger partial charge in [0.1, 0.15) is 24.1 Å². The molecule has 0 bridgehead atoms. The first-order chi connectivity index (χ1) is 14.5. The number of esters is 1. The first kappa shape index (κ1) is 21.4. The lowest BCUT2D eigenvalue weighted by atomic mass is 10.2. The summed E-state index contributed by atoms with van der Waals surface area (Å²) < 4.78 is 12.3. The van der Waals surface area contributed by atoms with E-state index in [0.717, 1.165) is 5.69 Å². The minimum Gasteiger partial charge on any atom is -0.493 e. The maximum Gasteiger partial charge on any atom is 0.325 e. The average molecular weight is 428 g/mol. The quantitative estimate of drug-likeness (QED) is 0.554. The lowest BCUT2D eigenvalue weighted by molar-refractivity contribution is -0.143. The molecule has 8 heteroatoms. The smallest absolute Gasteiger partial charge is 0.325 e. The maximum absolute atomic E-state index is 12.4. The minimum atomic E-state index is -0.583. The number of carbonyl (C=O) groups is 2. The third kappa shape index (κ3) is 4.99. The molecule has 1 aromatic heterocycles. The van der Waals surface area contributed by atoms with Gasteiger partial charge in [-0.15, -0.1) is 0 Å². The van der Waals surface area contributed by atoms with Crippen molar-refractivity contribution in [2.45, 2.75) is 20.5 Å². The van der Waals surface area contributed by atoms with Crippen molar-refractivity contribution in [2.24, 2.45) is 0 Å². The number of carbonyl (C=O) groups excluding carboxylic acids is 2. The molecule has 0 saturated heterocycles. The van der Waals surface area contributed by atoms with E-state index in [1.54, 1.807) is 35.9 Å². The van der Waals surface area contributed by atoms with Crippen LogP contribution in [-0.2, 0) is 16.1 Å². The molecule has 0 saturated carbocycles. The Bertz CT molecular complexity index is 1030. The van der Waals surface area contributed by atoms with Crippen LogP contribution in [0.15, 0.2) is 54.6 Å². The Morgan fingerprint density at radius 1 is 1.10 bits per heavy atom. The normalized spacial score (nSPS) is 10.5. The van der Waals surface area contributed by atoms with Gasteiger partial charge < -0.3 is 14.8 Å². The highest BCUT2D eigenvalue weighted by Gasteiger charge is 2.17. The van der Waals surface area contributed by atoms with Gasteiger partial charge in [-0.25, -0.2) is 4.68 Å². The molecule has 30 heavy (non-hydrogen) atoms. The first-order valence-corrected chi connectivity index (χ1v) is 9.84. The summed E-state index contributed by atoms with van der Waals surface area (Å²) in [5.74, 6) is -0.538. The van der Waals surface area contributed by atoms with E-state index < -0.39 is 11.9 Å². The zero-order chi connectivity index (χ0) is 21.5. The first-order valence-electron chi connectivity index (χ1n) is 9.46. The van der Waals surface area contributed by atoms with E-state index in [0.29, 0.717) is 34.3 Å². The van der Waals surface area contributed by atoms with Gasteiger partial charge in [-0.2, -0.15) is 5.10 Å². The van der Waals surface area contributed by atoms with Gasteiger partial charge in [0.25, 0.3) is 5.91 Å². The number of nitrogens with one attached hydrogen (secondary N) is 1. The van der Waals surface area contributed by atoms with Crippen molar-refractivity contribution in [1.82, 2.24) is 15.1 Å². The summed E-state index contributed by atoms with van der Waals surface area (Å²) in [4.78, 5) is 24.5. The number of rotatable bonds is 8. The van der Waals surface area contributed by atoms with E-state index in [1.165, 1.54) is 0 Å². The number of benzene rings is 2. The monoisotopic (exact) mass is 427 g/mol. The minimum absolute atomic E-state index is 0.0399. The molecule has 0 fully saturated rings. The van der Waals surface area contributed by atoms with Gasteiger partial charge in [0.2, 0.25) is 0 Å². The molecule has 7 nitrogen and oxygen atoms in total. The Kier molecular flexibility index (Phi) is 7.08. The standard InChI is InChI=1S/C22H22ClN3O4/c1-3-29-19-12-8-7-11-17(19)22(28)24-13-20(27)30-14-18-15(2)25-26(21(18)23)16-9-5-4-6-10-16/h4-12H,3,13-14H2,1-2H3,(H,24,28). The second-order valence-corrected chi connectivity index (χ2v) is 6.73. The van der Waals surface area contributed by atoms with E-state index in [1.807, 2.05) is 37.3 Å². The van der Waals surface area contributed by atoms with Crippen LogP contribution in [0.4, 0.5) is 0 Å². The highest BCUT2D eigenvalue weighted by molar-refractivity contribution is 6.30. The van der Waals surface area contributed by atoms with E-state index >= 15 is 0 Å². The van der Waals surface area contributed by atoms with Crippen LogP contribution < -0.4 is 10.1 Å². The number of ether oxygens (including phenoxy) is 2. The van der Waals surface area contributed by atoms with E-state index in [-0.39, 0.29) is 13.2 Å². The summed E-state index contributed by atoms with van der Waals surface area (Å²) in [7, 11) is 0. The number of para-hydroxylation sites is 2. The highest BCUT2D eigenvalue weighted by Crippen LogP contribution is 2.24. The van der Waals surface area contributed by atoms with E-state index in [4.69, 9.17) is 21.1 Å². The van der Waals surface area contributed by atoms with Gasteiger partial charge in [-0.1, -0.05) is 41.9 Å². The number of hydrogen-bond acceptors (Lipinski definition) is 5. The number of halogens is 1. The predicted octanol–water partition coefficient (Wildman–Crippen LogP) is 3.71. The Hall–Kier alpha value is -3.32. The lowest BCUT2D eigenvalue weighted by Crippen LogP contribution is -2.30. The zero-order valence-corrected chi connectivity index (χ0v) is 17.5. The summed E-state index contributed by atoms with van der Waals surface area (Å²) in [6.07, 6.45) is 0. The molecular weight excluding hydrogens is 406 g/mol. The second kappa shape index (κ2) is 9.93. The van der Waals surface area contributed by atoms with Gasteiger partial charge >= 0.3 is 5.97 Å². The van der Waals surface area contributed by atoms with Crippen LogP contribution in [0.1, 0.15) is 28.5 Å². The molecule has 156 valence electrons. The van der Waals surface area contributed by atoms with Crippen LogP contribution in [-0.4, -0.2) is 34.8 Å². The summed E-state index contributed by atoms with van der Waals surface area (Å²) in [6, 6.07) is 16.3. The number of aryl methyl sites for hydroxylation is 1. The molecule has 3 rings (SSSR count). The molecule has 0 spiro atoms. The van der Waals surface area contributed by atoms with Crippen LogP contribution in [0.5, 0.6) is 5.75 Å². The van der Waals surface area contributed by atoms with Crippen LogP contribution in [0.25, 0.3) is 5.69 Å². The van der Waals surface area contributed by atoms with E-state index in [2.05, 4.69) is 10.4 Å². The topological polar surface area (TPSA) is 82.4 Å². The predicted molar refractivity (Wildman–Crippen MR) is 113 cm³/mol. The fourth-order valence-corrected chi connectivity index (χ4v) is 3.15. The van der Waals surface area contributed by atoms with Crippen LogP contribution >= 0.6 is 11.6 Å². The third-order valence-electron chi connectivity index (χ3n) is 4.32. The Balaban J connectivity index is 1.58. The molecule has 0 aliphatic rings. The van der Waals surface area contributed by atoms with Crippen molar-refractivity contribution >= 4 is 23.5 Å². The van der Waals surface area contributed by atoms with Crippen molar-refractivity contribution in [2.75, 3.05) is 13.2 Å².